The summed E-state index contributed by atoms with van der Waals surface area (Å²) in [6.07, 6.45) is 3.10. The van der Waals surface area contributed by atoms with Crippen molar-refractivity contribution in [2.75, 3.05) is 25.5 Å². The van der Waals surface area contributed by atoms with E-state index >= 15 is 0 Å². The van der Waals surface area contributed by atoms with Gasteiger partial charge >= 0.3 is 5.97 Å². The lowest BCUT2D eigenvalue weighted by molar-refractivity contribution is 0.0599. The number of benzene rings is 3. The van der Waals surface area contributed by atoms with Crippen molar-refractivity contribution in [3.05, 3.63) is 107 Å². The van der Waals surface area contributed by atoms with Crippen LogP contribution in [0.4, 0.5) is 10.1 Å². The Morgan fingerprint density at radius 1 is 0.955 bits per heavy atom. The summed E-state index contributed by atoms with van der Waals surface area (Å²) in [6.45, 7) is 8.97. The van der Waals surface area contributed by atoms with Crippen LogP contribution in [0.15, 0.2) is 72.9 Å². The Labute approximate surface area is 256 Å². The van der Waals surface area contributed by atoms with Gasteiger partial charge in [-0.2, -0.15) is 5.10 Å². The highest BCUT2D eigenvalue weighted by atomic mass is 19.1. The molecular weight excluding hydrogens is 559 g/mol. The summed E-state index contributed by atoms with van der Waals surface area (Å²) in [5.41, 5.74) is 4.39. The predicted octanol–water partition coefficient (Wildman–Crippen LogP) is 6.81. The van der Waals surface area contributed by atoms with Crippen molar-refractivity contribution < 1.29 is 23.5 Å². The second-order valence-electron chi connectivity index (χ2n) is 12.2. The smallest absolute Gasteiger partial charge is 0.337 e. The molecule has 0 unspecified atom stereocenters. The number of ether oxygens (including phenoxy) is 1. The molecule has 2 heterocycles. The van der Waals surface area contributed by atoms with E-state index in [1.807, 2.05) is 50.8 Å². The van der Waals surface area contributed by atoms with E-state index in [0.717, 1.165) is 24.0 Å². The molecule has 1 N–H and O–H groups in total. The van der Waals surface area contributed by atoms with Crippen LogP contribution < -0.4 is 5.32 Å². The molecule has 1 aliphatic rings. The van der Waals surface area contributed by atoms with Crippen molar-refractivity contribution in [1.82, 2.24) is 14.7 Å². The number of nitrogens with zero attached hydrogens (tertiary/aromatic N) is 3. The van der Waals surface area contributed by atoms with Crippen molar-refractivity contribution in [2.24, 2.45) is 0 Å². The first-order valence-corrected chi connectivity index (χ1v) is 14.7. The number of likely N-dealkylation sites (tertiary alicyclic amines) is 1. The molecule has 5 rings (SSSR count). The third kappa shape index (κ3) is 6.41. The van der Waals surface area contributed by atoms with E-state index in [1.165, 1.54) is 25.4 Å². The van der Waals surface area contributed by atoms with Gasteiger partial charge in [0.2, 0.25) is 0 Å². The summed E-state index contributed by atoms with van der Waals surface area (Å²) >= 11 is 0. The highest BCUT2D eigenvalue weighted by Crippen LogP contribution is 2.32. The molecule has 8 nitrogen and oxygen atoms in total. The summed E-state index contributed by atoms with van der Waals surface area (Å²) in [4.78, 5) is 40.8. The zero-order valence-corrected chi connectivity index (χ0v) is 25.7. The number of rotatable bonds is 6. The minimum absolute atomic E-state index is 0.0842. The molecule has 0 saturated carbocycles. The topological polar surface area (TPSA) is 93.5 Å². The lowest BCUT2D eigenvalue weighted by Crippen LogP contribution is -2.38. The maximum Gasteiger partial charge on any atom is 0.337 e. The van der Waals surface area contributed by atoms with Gasteiger partial charge in [-0.25, -0.2) is 9.18 Å². The number of piperidine rings is 1. The van der Waals surface area contributed by atoms with E-state index in [0.29, 0.717) is 52.6 Å². The van der Waals surface area contributed by atoms with E-state index in [4.69, 9.17) is 4.74 Å². The van der Waals surface area contributed by atoms with Crippen LogP contribution in [0.1, 0.15) is 81.7 Å². The van der Waals surface area contributed by atoms with Crippen LogP contribution in [0.3, 0.4) is 0 Å². The second-order valence-corrected chi connectivity index (χ2v) is 12.2. The molecule has 228 valence electrons. The van der Waals surface area contributed by atoms with Crippen molar-refractivity contribution >= 4 is 23.5 Å². The fourth-order valence-electron chi connectivity index (χ4n) is 5.66. The van der Waals surface area contributed by atoms with Crippen molar-refractivity contribution in [3.63, 3.8) is 0 Å². The highest BCUT2D eigenvalue weighted by molar-refractivity contribution is 6.08. The van der Waals surface area contributed by atoms with E-state index in [2.05, 4.69) is 10.4 Å². The molecule has 0 radical (unpaired) electrons. The van der Waals surface area contributed by atoms with Crippen molar-refractivity contribution in [1.29, 1.82) is 0 Å². The van der Waals surface area contributed by atoms with Crippen LogP contribution in [-0.4, -0.2) is 52.7 Å². The number of esters is 1. The first kappa shape index (κ1) is 30.7. The summed E-state index contributed by atoms with van der Waals surface area (Å²) in [7, 11) is 1.36. The normalized spacial score (nSPS) is 13.9. The Morgan fingerprint density at radius 2 is 1.66 bits per heavy atom. The predicted molar refractivity (Wildman–Crippen MR) is 167 cm³/mol. The molecule has 0 atom stereocenters. The molecule has 1 aliphatic heterocycles. The quantitative estimate of drug-likeness (QED) is 0.247. The number of aromatic nitrogens is 2. The number of carbonyl (C=O) groups excluding carboxylic acids is 3. The summed E-state index contributed by atoms with van der Waals surface area (Å²) < 4.78 is 20.7. The van der Waals surface area contributed by atoms with Gasteiger partial charge in [-0.15, -0.1) is 0 Å². The maximum atomic E-state index is 14.2. The largest absolute Gasteiger partial charge is 0.465 e. The Hall–Kier alpha value is -4.79. The molecule has 2 amide bonds. The third-order valence-electron chi connectivity index (χ3n) is 8.06. The third-order valence-corrected chi connectivity index (χ3v) is 8.06. The fraction of sp³-hybridized carbons (Fsp3) is 0.314. The Bertz CT molecular complexity index is 1700. The Morgan fingerprint density at radius 3 is 2.30 bits per heavy atom. The van der Waals surface area contributed by atoms with Crippen LogP contribution >= 0.6 is 0 Å². The molecule has 9 heteroatoms. The van der Waals surface area contributed by atoms with Gasteiger partial charge in [0.05, 0.1) is 35.7 Å². The molecule has 0 aliphatic carbocycles. The van der Waals surface area contributed by atoms with Gasteiger partial charge in [-0.3, -0.25) is 14.3 Å². The number of carbonyl (C=O) groups is 3. The number of methoxy groups -OCH3 is 1. The highest BCUT2D eigenvalue weighted by Gasteiger charge is 2.28. The second kappa shape index (κ2) is 12.4. The monoisotopic (exact) mass is 596 g/mol. The first-order chi connectivity index (χ1) is 21.0. The van der Waals surface area contributed by atoms with Gasteiger partial charge < -0.3 is 15.0 Å². The molecule has 44 heavy (non-hydrogen) atoms. The fourth-order valence-corrected chi connectivity index (χ4v) is 5.66. The van der Waals surface area contributed by atoms with Gasteiger partial charge in [0.25, 0.3) is 11.8 Å². The van der Waals surface area contributed by atoms with Crippen molar-refractivity contribution in [2.45, 2.75) is 52.0 Å². The van der Waals surface area contributed by atoms with Crippen LogP contribution in [0.25, 0.3) is 11.3 Å². The van der Waals surface area contributed by atoms with Crippen LogP contribution in [0.2, 0.25) is 0 Å². The van der Waals surface area contributed by atoms with Crippen LogP contribution in [0, 0.1) is 12.7 Å². The first-order valence-electron chi connectivity index (χ1n) is 14.7. The van der Waals surface area contributed by atoms with E-state index in [9.17, 15) is 18.8 Å². The number of anilines is 1. The zero-order valence-electron chi connectivity index (χ0n) is 25.7. The number of halogens is 1. The van der Waals surface area contributed by atoms with Crippen LogP contribution in [0.5, 0.6) is 0 Å². The zero-order chi connectivity index (χ0) is 31.6. The van der Waals surface area contributed by atoms with Crippen LogP contribution in [-0.2, 0) is 10.3 Å². The molecule has 1 fully saturated rings. The molecule has 1 aromatic heterocycles. The molecule has 1 saturated heterocycles. The molecule has 4 aromatic rings. The van der Waals surface area contributed by atoms with Gasteiger partial charge in [0.15, 0.2) is 0 Å². The average Bonchev–Trinajstić information content (AvgIpc) is 3.48. The Kier molecular flexibility index (Phi) is 8.67. The maximum absolute atomic E-state index is 14.2. The standard InChI is InChI=1S/C35H37FN4O4/c1-22-9-14-28(38-32(41)30-21-37-40(35(2,3)4)31(30)26-7-6-8-27(36)19-26)20-29(22)33(42)39-17-15-24(16-18-39)23-10-12-25(13-11-23)34(43)44-5/h6-14,19-21,24H,15-18H2,1-5H3,(H,38,41). The van der Waals surface area contributed by atoms with Gasteiger partial charge in [-0.1, -0.05) is 30.3 Å². The summed E-state index contributed by atoms with van der Waals surface area (Å²) in [5, 5.41) is 7.40. The van der Waals surface area contributed by atoms with Gasteiger partial charge in [0, 0.05) is 29.9 Å². The molecular formula is C35H37FN4O4. The summed E-state index contributed by atoms with van der Waals surface area (Å²) in [6, 6.07) is 18.9. The lowest BCUT2D eigenvalue weighted by atomic mass is 9.88. The minimum atomic E-state index is -0.455. The minimum Gasteiger partial charge on any atom is -0.465 e. The van der Waals surface area contributed by atoms with Crippen molar-refractivity contribution in [3.8, 4) is 11.3 Å². The van der Waals surface area contributed by atoms with Gasteiger partial charge in [0.1, 0.15) is 5.82 Å². The molecule has 0 spiro atoms. The number of hydrogen-bond acceptors (Lipinski definition) is 5. The SMILES string of the molecule is COC(=O)c1ccc(C2CCN(C(=O)c3cc(NC(=O)c4cnn(C(C)(C)C)c4-c4cccc(F)c4)ccc3C)CC2)cc1. The Balaban J connectivity index is 1.31. The number of nitrogens with one attached hydrogen (secondary N) is 1. The molecule has 0 bridgehead atoms. The average molecular weight is 597 g/mol. The summed E-state index contributed by atoms with van der Waals surface area (Å²) in [5.74, 6) is -0.964. The van der Waals surface area contributed by atoms with E-state index < -0.39 is 17.3 Å². The lowest BCUT2D eigenvalue weighted by Gasteiger charge is -2.32. The number of amides is 2. The number of aryl methyl sites for hydroxylation is 1. The van der Waals surface area contributed by atoms with E-state index in [1.54, 1.807) is 41.1 Å². The van der Waals surface area contributed by atoms with Gasteiger partial charge in [-0.05, 0) is 94.0 Å². The molecule has 3 aromatic carbocycles. The number of hydrogen-bond donors (Lipinski definition) is 1. The van der Waals surface area contributed by atoms with E-state index in [-0.39, 0.29) is 11.9 Å².